The molecule has 4 rings (SSSR count). The number of methoxy groups -OCH3 is 1. The molecule has 1 aromatic heterocycles. The predicted octanol–water partition coefficient (Wildman–Crippen LogP) is 3.39. The van der Waals surface area contributed by atoms with E-state index < -0.39 is 11.5 Å². The van der Waals surface area contributed by atoms with Crippen LogP contribution >= 0.6 is 11.8 Å². The van der Waals surface area contributed by atoms with E-state index in [1.807, 2.05) is 0 Å². The lowest BCUT2D eigenvalue weighted by Crippen LogP contribution is -2.31. The van der Waals surface area contributed by atoms with Gasteiger partial charge in [-0.05, 0) is 29.3 Å². The number of hydrogen-bond acceptors (Lipinski definition) is 6. The molecule has 2 heterocycles. The van der Waals surface area contributed by atoms with Gasteiger partial charge in [0.05, 0.1) is 12.7 Å². The predicted molar refractivity (Wildman–Crippen MR) is 111 cm³/mol. The molecule has 1 aliphatic heterocycles. The lowest BCUT2D eigenvalue weighted by molar-refractivity contribution is -0.116. The van der Waals surface area contributed by atoms with Crippen molar-refractivity contribution in [2.45, 2.75) is 23.2 Å². The van der Waals surface area contributed by atoms with E-state index in [0.717, 1.165) is 0 Å². The van der Waals surface area contributed by atoms with Crippen LogP contribution in [0, 0.1) is 5.82 Å². The van der Waals surface area contributed by atoms with Crippen LogP contribution in [0.25, 0.3) is 0 Å². The number of H-pyrrole nitrogens is 1. The largest absolute Gasteiger partial charge is 0.504 e. The number of aromatic amines is 1. The summed E-state index contributed by atoms with van der Waals surface area (Å²) in [5, 5.41) is 13.0. The molecular weight excluding hydrogens is 409 g/mol. The Hall–Kier alpha value is -3.33. The fourth-order valence-electron chi connectivity index (χ4n) is 3.39. The molecule has 9 heteroatoms. The average Bonchev–Trinajstić information content (AvgIpc) is 2.72. The highest BCUT2D eigenvalue weighted by Crippen LogP contribution is 2.38. The number of carbonyl (C=O) groups excluding carboxylic acids is 1. The van der Waals surface area contributed by atoms with E-state index in [0.29, 0.717) is 22.4 Å². The molecule has 30 heavy (non-hydrogen) atoms. The van der Waals surface area contributed by atoms with E-state index in [9.17, 15) is 19.1 Å². The van der Waals surface area contributed by atoms with E-state index >= 15 is 0 Å². The molecule has 1 atom stereocenters. The van der Waals surface area contributed by atoms with Crippen molar-refractivity contribution in [3.8, 4) is 11.5 Å². The first-order valence-electron chi connectivity index (χ1n) is 9.13. The minimum atomic E-state index is -0.563. The summed E-state index contributed by atoms with van der Waals surface area (Å²) in [5.74, 6) is -0.518. The smallest absolute Gasteiger partial charge is 0.257 e. The normalized spacial score (nSPS) is 15.4. The number of benzene rings is 2. The van der Waals surface area contributed by atoms with Crippen molar-refractivity contribution in [1.82, 2.24) is 9.97 Å². The Morgan fingerprint density at radius 1 is 1.27 bits per heavy atom. The molecule has 0 aliphatic carbocycles. The van der Waals surface area contributed by atoms with Gasteiger partial charge in [0.1, 0.15) is 11.6 Å². The van der Waals surface area contributed by atoms with Crippen LogP contribution in [0.4, 0.5) is 10.2 Å². The first-order valence-corrected chi connectivity index (χ1v) is 10.1. The molecule has 7 nitrogen and oxygen atoms in total. The Morgan fingerprint density at radius 2 is 2.07 bits per heavy atom. The van der Waals surface area contributed by atoms with Crippen molar-refractivity contribution in [3.05, 3.63) is 75.3 Å². The van der Waals surface area contributed by atoms with E-state index in [-0.39, 0.29) is 40.6 Å². The van der Waals surface area contributed by atoms with Crippen molar-refractivity contribution in [3.63, 3.8) is 0 Å². The van der Waals surface area contributed by atoms with Crippen LogP contribution in [0.5, 0.6) is 11.5 Å². The van der Waals surface area contributed by atoms with Crippen molar-refractivity contribution in [2.24, 2.45) is 0 Å². The van der Waals surface area contributed by atoms with Gasteiger partial charge in [-0.2, -0.15) is 0 Å². The Kier molecular flexibility index (Phi) is 5.45. The maximum absolute atomic E-state index is 13.8. The maximum Gasteiger partial charge on any atom is 0.257 e. The Balaban J connectivity index is 1.67. The number of phenolic OH excluding ortho intramolecular Hbond substituents is 1. The molecule has 2 aromatic carbocycles. The Morgan fingerprint density at radius 3 is 2.80 bits per heavy atom. The third-order valence-corrected chi connectivity index (χ3v) is 5.78. The molecule has 1 aliphatic rings. The fraction of sp³-hybridized carbons (Fsp3) is 0.190. The highest BCUT2D eigenvalue weighted by molar-refractivity contribution is 7.98. The number of amides is 1. The first-order chi connectivity index (χ1) is 14.5. The summed E-state index contributed by atoms with van der Waals surface area (Å²) < 4.78 is 18.9. The summed E-state index contributed by atoms with van der Waals surface area (Å²) in [6.45, 7) is 0. The monoisotopic (exact) mass is 427 g/mol. The third-order valence-electron chi connectivity index (χ3n) is 4.86. The van der Waals surface area contributed by atoms with Gasteiger partial charge in [0.2, 0.25) is 5.91 Å². The molecule has 0 bridgehead atoms. The maximum atomic E-state index is 13.8. The number of nitrogens with zero attached hydrogens (tertiary/aromatic N) is 1. The number of aromatic nitrogens is 2. The van der Waals surface area contributed by atoms with E-state index in [1.165, 1.54) is 31.0 Å². The summed E-state index contributed by atoms with van der Waals surface area (Å²) in [5.41, 5.74) is 1.01. The number of hydrogen-bond donors (Lipinski definition) is 3. The standard InChI is InChI=1S/C21H18FN3O4S/c1-29-16-7-6-11(8-15(16)26)13-9-17(27)23-19-18(13)20(28)25-21(24-19)30-10-12-4-2-3-5-14(12)22/h2-8,13,26H,9-10H2,1H3,(H2,23,24,25,27,28). The highest BCUT2D eigenvalue weighted by atomic mass is 32.2. The number of nitrogens with one attached hydrogen (secondary N) is 2. The number of phenols is 1. The van der Waals surface area contributed by atoms with E-state index in [4.69, 9.17) is 4.74 Å². The molecule has 1 amide bonds. The summed E-state index contributed by atoms with van der Waals surface area (Å²) in [4.78, 5) is 32.2. The topological polar surface area (TPSA) is 104 Å². The van der Waals surface area contributed by atoms with Gasteiger partial charge in [-0.1, -0.05) is 36.0 Å². The number of ether oxygens (including phenoxy) is 1. The molecule has 0 saturated carbocycles. The SMILES string of the molecule is COc1ccc(C2CC(=O)Nc3nc(SCc4ccccc4F)[nH]c(=O)c32)cc1O. The quantitative estimate of drug-likeness (QED) is 0.426. The van der Waals surface area contributed by atoms with Crippen LogP contribution in [0.1, 0.15) is 29.0 Å². The van der Waals surface area contributed by atoms with Gasteiger partial charge in [0, 0.05) is 18.1 Å². The first kappa shape index (κ1) is 20.0. The van der Waals surface area contributed by atoms with Gasteiger partial charge in [-0.15, -0.1) is 0 Å². The summed E-state index contributed by atoms with van der Waals surface area (Å²) >= 11 is 1.17. The van der Waals surface area contributed by atoms with Crippen LogP contribution in [0.3, 0.4) is 0 Å². The Labute approximate surface area is 175 Å². The molecule has 3 aromatic rings. The zero-order valence-corrected chi connectivity index (χ0v) is 16.8. The minimum absolute atomic E-state index is 0.0469. The molecule has 1 unspecified atom stereocenters. The summed E-state index contributed by atoms with van der Waals surface area (Å²) in [6.07, 6.45) is 0.0469. The second-order valence-electron chi connectivity index (χ2n) is 6.75. The van der Waals surface area contributed by atoms with Crippen LogP contribution in [0.2, 0.25) is 0 Å². The number of halogens is 1. The van der Waals surface area contributed by atoms with Gasteiger partial charge in [-0.25, -0.2) is 9.37 Å². The molecule has 154 valence electrons. The lowest BCUT2D eigenvalue weighted by atomic mass is 9.86. The van der Waals surface area contributed by atoms with Gasteiger partial charge >= 0.3 is 0 Å². The molecule has 0 fully saturated rings. The van der Waals surface area contributed by atoms with E-state index in [1.54, 1.807) is 30.3 Å². The van der Waals surface area contributed by atoms with Crippen LogP contribution in [-0.4, -0.2) is 28.1 Å². The number of carbonyl (C=O) groups is 1. The van der Waals surface area contributed by atoms with Gasteiger partial charge < -0.3 is 20.1 Å². The third kappa shape index (κ3) is 3.88. The fourth-order valence-corrected chi connectivity index (χ4v) is 4.24. The number of anilines is 1. The molecule has 3 N–H and O–H groups in total. The molecule has 0 saturated heterocycles. The summed E-state index contributed by atoms with van der Waals surface area (Å²) in [6, 6.07) is 11.1. The molecule has 0 radical (unpaired) electrons. The highest BCUT2D eigenvalue weighted by Gasteiger charge is 2.31. The molecular formula is C21H18FN3O4S. The van der Waals surface area contributed by atoms with Gasteiger partial charge in [0.15, 0.2) is 16.7 Å². The van der Waals surface area contributed by atoms with Crippen LogP contribution in [0.15, 0.2) is 52.4 Å². The van der Waals surface area contributed by atoms with Gasteiger partial charge in [-0.3, -0.25) is 9.59 Å². The Bertz CT molecular complexity index is 1180. The van der Waals surface area contributed by atoms with Crippen molar-refractivity contribution in [1.29, 1.82) is 0 Å². The van der Waals surface area contributed by atoms with Crippen molar-refractivity contribution >= 4 is 23.5 Å². The zero-order valence-electron chi connectivity index (χ0n) is 15.9. The number of fused-ring (bicyclic) bond motifs is 1. The lowest BCUT2D eigenvalue weighted by Gasteiger charge is -2.24. The van der Waals surface area contributed by atoms with Crippen LogP contribution in [-0.2, 0) is 10.5 Å². The molecule has 0 spiro atoms. The number of thioether (sulfide) groups is 1. The number of aromatic hydroxyl groups is 1. The van der Waals surface area contributed by atoms with E-state index in [2.05, 4.69) is 15.3 Å². The second-order valence-corrected chi connectivity index (χ2v) is 7.71. The zero-order chi connectivity index (χ0) is 21.3. The average molecular weight is 427 g/mol. The van der Waals surface area contributed by atoms with Crippen molar-refractivity contribution in [2.75, 3.05) is 12.4 Å². The van der Waals surface area contributed by atoms with Crippen molar-refractivity contribution < 1.29 is 19.0 Å². The van der Waals surface area contributed by atoms with Crippen LogP contribution < -0.4 is 15.6 Å². The second kappa shape index (κ2) is 8.19. The number of rotatable bonds is 5. The van der Waals surface area contributed by atoms with Gasteiger partial charge in [0.25, 0.3) is 5.56 Å². The summed E-state index contributed by atoms with van der Waals surface area (Å²) in [7, 11) is 1.44. The minimum Gasteiger partial charge on any atom is -0.504 e.